The van der Waals surface area contributed by atoms with Gasteiger partial charge >= 0.3 is 11.9 Å². The molecule has 0 amide bonds. The van der Waals surface area contributed by atoms with Gasteiger partial charge in [0.1, 0.15) is 5.70 Å². The number of nitrogens with one attached hydrogen (secondary N) is 1. The molecular formula is C12H12N2O6. The lowest BCUT2D eigenvalue weighted by atomic mass is 10.2. The molecule has 0 aliphatic carbocycles. The molecule has 0 saturated heterocycles. The Bertz CT molecular complexity index is 567. The number of ether oxygens (including phenoxy) is 2. The van der Waals surface area contributed by atoms with E-state index in [1.807, 2.05) is 0 Å². The molecule has 0 aromatic heterocycles. The minimum absolute atomic E-state index is 0.155. The number of nitro groups is 1. The minimum atomic E-state index is -0.804. The van der Waals surface area contributed by atoms with E-state index in [0.717, 1.165) is 20.3 Å². The van der Waals surface area contributed by atoms with Crippen LogP contribution in [0.5, 0.6) is 0 Å². The molecule has 1 N–H and O–H groups in total. The zero-order chi connectivity index (χ0) is 15.1. The number of anilines is 1. The van der Waals surface area contributed by atoms with Gasteiger partial charge in [-0.25, -0.2) is 9.59 Å². The second-order valence-corrected chi connectivity index (χ2v) is 3.51. The first kappa shape index (κ1) is 15.2. The van der Waals surface area contributed by atoms with Crippen molar-refractivity contribution in [2.24, 2.45) is 0 Å². The largest absolute Gasteiger partial charge is 0.466 e. The number of rotatable bonds is 5. The summed E-state index contributed by atoms with van der Waals surface area (Å²) in [5, 5.41) is 13.2. The van der Waals surface area contributed by atoms with Crippen LogP contribution in [-0.4, -0.2) is 31.1 Å². The molecule has 8 nitrogen and oxygen atoms in total. The van der Waals surface area contributed by atoms with E-state index in [4.69, 9.17) is 0 Å². The van der Waals surface area contributed by atoms with E-state index in [1.165, 1.54) is 24.3 Å². The first-order valence-electron chi connectivity index (χ1n) is 5.37. The van der Waals surface area contributed by atoms with Crippen molar-refractivity contribution >= 4 is 23.3 Å². The van der Waals surface area contributed by atoms with Crippen LogP contribution in [0, 0.1) is 10.1 Å². The lowest BCUT2D eigenvalue weighted by Crippen LogP contribution is -2.15. The van der Waals surface area contributed by atoms with Crippen molar-refractivity contribution in [2.45, 2.75) is 0 Å². The van der Waals surface area contributed by atoms with E-state index in [-0.39, 0.29) is 17.1 Å². The number of hydrogen-bond acceptors (Lipinski definition) is 7. The molecular weight excluding hydrogens is 268 g/mol. The first-order chi connectivity index (χ1) is 9.47. The average Bonchev–Trinajstić information content (AvgIpc) is 2.45. The fourth-order valence-corrected chi connectivity index (χ4v) is 1.29. The van der Waals surface area contributed by atoms with Crippen LogP contribution in [-0.2, 0) is 19.1 Å². The summed E-state index contributed by atoms with van der Waals surface area (Å²) in [7, 11) is 2.30. The molecule has 0 saturated carbocycles. The van der Waals surface area contributed by atoms with Gasteiger partial charge in [-0.15, -0.1) is 0 Å². The Balaban J connectivity index is 3.04. The molecule has 1 aromatic carbocycles. The number of benzene rings is 1. The molecule has 0 radical (unpaired) electrons. The molecule has 0 heterocycles. The number of methoxy groups -OCH3 is 2. The Morgan fingerprint density at radius 1 is 1.30 bits per heavy atom. The minimum Gasteiger partial charge on any atom is -0.466 e. The number of esters is 2. The van der Waals surface area contributed by atoms with Crippen molar-refractivity contribution in [3.05, 3.63) is 46.2 Å². The topological polar surface area (TPSA) is 108 Å². The van der Waals surface area contributed by atoms with Gasteiger partial charge < -0.3 is 14.8 Å². The Kier molecular flexibility index (Phi) is 5.21. The maximum absolute atomic E-state index is 11.5. The van der Waals surface area contributed by atoms with Crippen LogP contribution in [0.2, 0.25) is 0 Å². The summed E-state index contributed by atoms with van der Waals surface area (Å²) in [4.78, 5) is 32.7. The SMILES string of the molecule is COC(=O)/C=C(/Nc1cccc([N+](=O)[O-])c1)C(=O)OC. The van der Waals surface area contributed by atoms with Crippen molar-refractivity contribution in [1.29, 1.82) is 0 Å². The highest BCUT2D eigenvalue weighted by molar-refractivity contribution is 5.98. The van der Waals surface area contributed by atoms with Crippen molar-refractivity contribution in [3.63, 3.8) is 0 Å². The van der Waals surface area contributed by atoms with E-state index >= 15 is 0 Å². The van der Waals surface area contributed by atoms with Gasteiger partial charge in [-0.1, -0.05) is 6.07 Å². The number of carbonyl (C=O) groups excluding carboxylic acids is 2. The Labute approximate surface area is 114 Å². The predicted molar refractivity (Wildman–Crippen MR) is 68.8 cm³/mol. The van der Waals surface area contributed by atoms with Crippen LogP contribution in [0.1, 0.15) is 0 Å². The Hall–Kier alpha value is -2.90. The second-order valence-electron chi connectivity index (χ2n) is 3.51. The molecule has 0 unspecified atom stereocenters. The maximum atomic E-state index is 11.5. The summed E-state index contributed by atoms with van der Waals surface area (Å²) in [6, 6.07) is 5.45. The molecule has 0 aliphatic heterocycles. The van der Waals surface area contributed by atoms with E-state index in [1.54, 1.807) is 0 Å². The third-order valence-electron chi connectivity index (χ3n) is 2.20. The molecule has 1 aromatic rings. The normalized spacial score (nSPS) is 10.6. The van der Waals surface area contributed by atoms with E-state index in [9.17, 15) is 19.7 Å². The highest BCUT2D eigenvalue weighted by Crippen LogP contribution is 2.18. The summed E-state index contributed by atoms with van der Waals surface area (Å²) in [5.74, 6) is -1.56. The molecule has 0 atom stereocenters. The Morgan fingerprint density at radius 2 is 2.00 bits per heavy atom. The van der Waals surface area contributed by atoms with Gasteiger partial charge in [-0.2, -0.15) is 0 Å². The van der Waals surface area contributed by atoms with Crippen LogP contribution >= 0.6 is 0 Å². The monoisotopic (exact) mass is 280 g/mol. The summed E-state index contributed by atoms with van der Waals surface area (Å²) in [6.45, 7) is 0. The van der Waals surface area contributed by atoms with Crippen LogP contribution < -0.4 is 5.32 Å². The van der Waals surface area contributed by atoms with Gasteiger partial charge in [0.2, 0.25) is 0 Å². The standard InChI is InChI=1S/C12H12N2O6/c1-19-11(15)7-10(12(16)20-2)13-8-4-3-5-9(6-8)14(17)18/h3-7,13H,1-2H3/b10-7+. The van der Waals surface area contributed by atoms with E-state index in [2.05, 4.69) is 14.8 Å². The lowest BCUT2D eigenvalue weighted by molar-refractivity contribution is -0.384. The van der Waals surface area contributed by atoms with Crippen molar-refractivity contribution in [2.75, 3.05) is 19.5 Å². The van der Waals surface area contributed by atoms with Gasteiger partial charge in [-0.05, 0) is 6.07 Å². The van der Waals surface area contributed by atoms with Gasteiger partial charge in [0.15, 0.2) is 0 Å². The van der Waals surface area contributed by atoms with E-state index < -0.39 is 16.9 Å². The highest BCUT2D eigenvalue weighted by atomic mass is 16.6. The first-order valence-corrected chi connectivity index (χ1v) is 5.37. The molecule has 106 valence electrons. The van der Waals surface area contributed by atoms with Gasteiger partial charge in [0.05, 0.1) is 25.2 Å². The molecule has 0 spiro atoms. The zero-order valence-corrected chi connectivity index (χ0v) is 10.8. The van der Waals surface area contributed by atoms with E-state index in [0.29, 0.717) is 0 Å². The van der Waals surface area contributed by atoms with Gasteiger partial charge in [-0.3, -0.25) is 10.1 Å². The summed E-state index contributed by atoms with van der Waals surface area (Å²) in [6.07, 6.45) is 0.894. The quantitative estimate of drug-likeness (QED) is 0.374. The predicted octanol–water partition coefficient (Wildman–Crippen LogP) is 1.24. The van der Waals surface area contributed by atoms with Crippen LogP contribution in [0.25, 0.3) is 0 Å². The Morgan fingerprint density at radius 3 is 2.55 bits per heavy atom. The summed E-state index contributed by atoms with van der Waals surface area (Å²) >= 11 is 0. The van der Waals surface area contributed by atoms with Crippen molar-refractivity contribution < 1.29 is 24.0 Å². The number of nitrogens with zero attached hydrogens (tertiary/aromatic N) is 1. The summed E-state index contributed by atoms with van der Waals surface area (Å²) in [5.41, 5.74) is -0.0862. The number of hydrogen-bond donors (Lipinski definition) is 1. The summed E-state index contributed by atoms with van der Waals surface area (Å²) < 4.78 is 8.90. The number of carbonyl (C=O) groups is 2. The van der Waals surface area contributed by atoms with Crippen LogP contribution in [0.4, 0.5) is 11.4 Å². The molecule has 20 heavy (non-hydrogen) atoms. The molecule has 0 fully saturated rings. The molecule has 0 aliphatic rings. The number of non-ortho nitro benzene ring substituents is 1. The van der Waals surface area contributed by atoms with Gasteiger partial charge in [0.25, 0.3) is 5.69 Å². The van der Waals surface area contributed by atoms with Crippen LogP contribution in [0.3, 0.4) is 0 Å². The lowest BCUT2D eigenvalue weighted by Gasteiger charge is -2.08. The third-order valence-corrected chi connectivity index (χ3v) is 2.20. The molecule has 0 bridgehead atoms. The molecule has 8 heteroatoms. The van der Waals surface area contributed by atoms with Gasteiger partial charge in [0, 0.05) is 17.8 Å². The smallest absolute Gasteiger partial charge is 0.354 e. The molecule has 1 rings (SSSR count). The number of nitro benzene ring substituents is 1. The van der Waals surface area contributed by atoms with Crippen molar-refractivity contribution in [1.82, 2.24) is 0 Å². The second kappa shape index (κ2) is 6.88. The average molecular weight is 280 g/mol. The zero-order valence-electron chi connectivity index (χ0n) is 10.8. The highest BCUT2D eigenvalue weighted by Gasteiger charge is 2.14. The van der Waals surface area contributed by atoms with Crippen molar-refractivity contribution in [3.8, 4) is 0 Å². The van der Waals surface area contributed by atoms with Crippen LogP contribution in [0.15, 0.2) is 36.0 Å². The third kappa shape index (κ3) is 4.09. The fourth-order valence-electron chi connectivity index (χ4n) is 1.29. The maximum Gasteiger partial charge on any atom is 0.354 e. The fraction of sp³-hybridized carbons (Fsp3) is 0.167.